The molecule has 0 aliphatic carbocycles. The lowest BCUT2D eigenvalue weighted by molar-refractivity contribution is 0.284. The first-order valence-electron chi connectivity index (χ1n) is 12.4. The summed E-state index contributed by atoms with van der Waals surface area (Å²) in [5.74, 6) is 0.624. The Balaban J connectivity index is 1.66. The topological polar surface area (TPSA) is 107 Å². The highest BCUT2D eigenvalue weighted by Gasteiger charge is 2.51. The van der Waals surface area contributed by atoms with E-state index in [2.05, 4.69) is 16.0 Å². The van der Waals surface area contributed by atoms with E-state index >= 15 is 0 Å². The van der Waals surface area contributed by atoms with Gasteiger partial charge in [-0.05, 0) is 59.2 Å². The number of nitrogens with zero attached hydrogens (tertiary/aromatic N) is 4. The highest BCUT2D eigenvalue weighted by Crippen LogP contribution is 2.48. The largest absolute Gasteiger partial charge is 0.489 e. The third-order valence-corrected chi connectivity index (χ3v) is 11.2. The fourth-order valence-corrected chi connectivity index (χ4v) is 8.19. The minimum Gasteiger partial charge on any atom is -0.489 e. The smallest absolute Gasteiger partial charge is 0.219 e. The number of pyridine rings is 1. The Morgan fingerprint density at radius 1 is 1.27 bits per heavy atom. The van der Waals surface area contributed by atoms with Crippen molar-refractivity contribution in [1.82, 2.24) is 9.29 Å². The van der Waals surface area contributed by atoms with E-state index in [0.29, 0.717) is 37.4 Å². The summed E-state index contributed by atoms with van der Waals surface area (Å²) in [5, 5.41) is 19.5. The molecule has 10 heteroatoms. The number of thiophene rings is 1. The molecule has 1 atom stereocenters. The number of anilines is 1. The summed E-state index contributed by atoms with van der Waals surface area (Å²) in [4.78, 5) is 7.56. The Bertz CT molecular complexity index is 1520. The number of aliphatic hydroxyl groups excluding tert-OH is 1. The van der Waals surface area contributed by atoms with Crippen LogP contribution in [0.5, 0.6) is 5.75 Å². The standard InChI is InChI=1S/C27H32N4O4S2/c1-26(2,3)37(33,34)31-15-18(13-27(31,4)5)30-8-9-35-23-11-17(14-28)10-21(24(23)30)20-6-7-29-22-12-19(16-32)36-25(20)22/h6-7,10-12,18,32H,8-9,13,15-16H2,1-5H3/t18-/m0/s1. The van der Waals surface area contributed by atoms with Gasteiger partial charge in [0.2, 0.25) is 10.0 Å². The summed E-state index contributed by atoms with van der Waals surface area (Å²) in [7, 11) is -3.53. The average molecular weight is 541 g/mol. The van der Waals surface area contributed by atoms with Crippen LogP contribution in [0, 0.1) is 11.3 Å². The Kier molecular flexibility index (Phi) is 6.27. The number of hydrogen-bond acceptors (Lipinski definition) is 8. The van der Waals surface area contributed by atoms with Gasteiger partial charge in [-0.25, -0.2) is 8.42 Å². The minimum absolute atomic E-state index is 0.0601. The first-order valence-corrected chi connectivity index (χ1v) is 14.6. The van der Waals surface area contributed by atoms with Gasteiger partial charge in [0.15, 0.2) is 0 Å². The fourth-order valence-electron chi connectivity index (χ4n) is 5.44. The predicted octanol–water partition coefficient (Wildman–Crippen LogP) is 4.51. The molecular weight excluding hydrogens is 508 g/mol. The van der Waals surface area contributed by atoms with Crippen LogP contribution >= 0.6 is 11.3 Å². The quantitative estimate of drug-likeness (QED) is 0.519. The van der Waals surface area contributed by atoms with Gasteiger partial charge in [0, 0.05) is 46.4 Å². The molecule has 2 aromatic heterocycles. The summed E-state index contributed by atoms with van der Waals surface area (Å²) >= 11 is 1.48. The molecule has 1 N–H and O–H groups in total. The van der Waals surface area contributed by atoms with Crippen molar-refractivity contribution in [2.45, 2.75) is 64.0 Å². The van der Waals surface area contributed by atoms with Crippen molar-refractivity contribution in [3.63, 3.8) is 0 Å². The molecule has 0 spiro atoms. The molecule has 0 bridgehead atoms. The fraction of sp³-hybridized carbons (Fsp3) is 0.481. The van der Waals surface area contributed by atoms with E-state index in [0.717, 1.165) is 31.9 Å². The molecule has 5 rings (SSSR count). The molecule has 0 unspecified atom stereocenters. The molecule has 0 radical (unpaired) electrons. The molecule has 0 saturated carbocycles. The molecular formula is C27H32N4O4S2. The summed E-state index contributed by atoms with van der Waals surface area (Å²) in [6.07, 6.45) is 2.40. The number of fused-ring (bicyclic) bond motifs is 2. The van der Waals surface area contributed by atoms with Crippen LogP contribution in [0.2, 0.25) is 0 Å². The summed E-state index contributed by atoms with van der Waals surface area (Å²) in [5.41, 5.74) is 3.36. The van der Waals surface area contributed by atoms with Crippen molar-refractivity contribution >= 4 is 37.3 Å². The molecule has 3 aromatic rings. The Hall–Kier alpha value is -2.71. The maximum absolute atomic E-state index is 13.5. The average Bonchev–Trinajstić information content (AvgIpc) is 3.42. The van der Waals surface area contributed by atoms with Crippen molar-refractivity contribution in [3.8, 4) is 22.9 Å². The Labute approximate surface area is 222 Å². The second-order valence-electron chi connectivity index (χ2n) is 11.3. The van der Waals surface area contributed by atoms with E-state index in [1.165, 1.54) is 11.3 Å². The van der Waals surface area contributed by atoms with Gasteiger partial charge in [-0.1, -0.05) is 0 Å². The van der Waals surface area contributed by atoms with E-state index in [4.69, 9.17) is 4.74 Å². The summed E-state index contributed by atoms with van der Waals surface area (Å²) in [6.45, 7) is 10.6. The third-order valence-electron chi connectivity index (χ3n) is 7.28. The molecule has 196 valence electrons. The maximum atomic E-state index is 13.5. The van der Waals surface area contributed by atoms with Gasteiger partial charge in [0.25, 0.3) is 0 Å². The lowest BCUT2D eigenvalue weighted by atomic mass is 9.96. The molecule has 1 fully saturated rings. The van der Waals surface area contributed by atoms with Crippen LogP contribution in [-0.2, 0) is 16.6 Å². The molecule has 2 aliphatic heterocycles. The number of aliphatic hydroxyl groups is 1. The van der Waals surface area contributed by atoms with E-state index in [1.54, 1.807) is 37.3 Å². The second-order valence-corrected chi connectivity index (χ2v) is 15.0. The van der Waals surface area contributed by atoms with Gasteiger partial charge in [-0.15, -0.1) is 11.3 Å². The lowest BCUT2D eigenvalue weighted by Gasteiger charge is -2.38. The molecule has 4 heterocycles. The van der Waals surface area contributed by atoms with Crippen LogP contribution < -0.4 is 9.64 Å². The number of aromatic nitrogens is 1. The van der Waals surface area contributed by atoms with Gasteiger partial charge in [-0.2, -0.15) is 9.57 Å². The number of sulfonamides is 1. The van der Waals surface area contributed by atoms with Crippen LogP contribution in [-0.4, -0.2) is 58.8 Å². The van der Waals surface area contributed by atoms with Crippen molar-refractivity contribution in [1.29, 1.82) is 5.26 Å². The van der Waals surface area contributed by atoms with Crippen LogP contribution in [0.4, 0.5) is 5.69 Å². The van der Waals surface area contributed by atoms with Crippen LogP contribution in [0.15, 0.2) is 30.5 Å². The van der Waals surface area contributed by atoms with Gasteiger partial charge in [-0.3, -0.25) is 4.98 Å². The Morgan fingerprint density at radius 3 is 2.70 bits per heavy atom. The summed E-state index contributed by atoms with van der Waals surface area (Å²) < 4.78 is 34.8. The number of hydrogen-bond donors (Lipinski definition) is 1. The van der Waals surface area contributed by atoms with Gasteiger partial charge in [0.05, 0.1) is 45.4 Å². The highest BCUT2D eigenvalue weighted by molar-refractivity contribution is 7.90. The molecule has 1 aromatic carbocycles. The van der Waals surface area contributed by atoms with Gasteiger partial charge in [0.1, 0.15) is 12.4 Å². The SMILES string of the molecule is CC1(C)C[C@H](N2CCOc3cc(C#N)cc(-c4ccnc5cc(CO)sc45)c32)CN1S(=O)(=O)C(C)(C)C. The van der Waals surface area contributed by atoms with E-state index < -0.39 is 20.3 Å². The zero-order valence-electron chi connectivity index (χ0n) is 21.8. The number of nitriles is 1. The molecule has 1 saturated heterocycles. The number of benzene rings is 1. The monoisotopic (exact) mass is 540 g/mol. The zero-order chi connectivity index (χ0) is 26.8. The highest BCUT2D eigenvalue weighted by atomic mass is 32.2. The summed E-state index contributed by atoms with van der Waals surface area (Å²) in [6, 6.07) is 9.64. The minimum atomic E-state index is -3.53. The number of rotatable bonds is 4. The maximum Gasteiger partial charge on any atom is 0.219 e. The molecule has 37 heavy (non-hydrogen) atoms. The van der Waals surface area contributed by atoms with E-state index in [1.807, 2.05) is 32.0 Å². The molecule has 2 aliphatic rings. The van der Waals surface area contributed by atoms with Crippen molar-refractivity contribution < 1.29 is 18.3 Å². The predicted molar refractivity (Wildman–Crippen MR) is 146 cm³/mol. The first kappa shape index (κ1) is 25.9. The first-order chi connectivity index (χ1) is 17.4. The molecule has 8 nitrogen and oxygen atoms in total. The van der Waals surface area contributed by atoms with Crippen LogP contribution in [0.1, 0.15) is 51.5 Å². The second kappa shape index (κ2) is 8.95. The van der Waals surface area contributed by atoms with Crippen LogP contribution in [0.3, 0.4) is 0 Å². The van der Waals surface area contributed by atoms with Gasteiger partial charge >= 0.3 is 0 Å². The van der Waals surface area contributed by atoms with E-state index in [9.17, 15) is 18.8 Å². The van der Waals surface area contributed by atoms with E-state index in [-0.39, 0.29) is 12.6 Å². The van der Waals surface area contributed by atoms with Gasteiger partial charge < -0.3 is 14.7 Å². The number of ether oxygens (including phenoxy) is 1. The molecule has 0 amide bonds. The van der Waals surface area contributed by atoms with Crippen molar-refractivity contribution in [2.24, 2.45) is 0 Å². The third kappa shape index (κ3) is 4.28. The van der Waals surface area contributed by atoms with Crippen molar-refractivity contribution in [3.05, 3.63) is 40.9 Å². The zero-order valence-corrected chi connectivity index (χ0v) is 23.4. The lowest BCUT2D eigenvalue weighted by Crippen LogP contribution is -2.50. The normalized spacial score (nSPS) is 20.0. The van der Waals surface area contributed by atoms with Crippen molar-refractivity contribution in [2.75, 3.05) is 24.6 Å². The Morgan fingerprint density at radius 2 is 2.03 bits per heavy atom. The van der Waals surface area contributed by atoms with Crippen LogP contribution in [0.25, 0.3) is 21.3 Å².